The number of piperidine rings is 1. The van der Waals surface area contributed by atoms with Gasteiger partial charge in [0.1, 0.15) is 0 Å². The van der Waals surface area contributed by atoms with Crippen LogP contribution in [0.25, 0.3) is 0 Å². The molecule has 0 bridgehead atoms. The first kappa shape index (κ1) is 15.0. The summed E-state index contributed by atoms with van der Waals surface area (Å²) in [5.74, 6) is 0. The van der Waals surface area contributed by atoms with Crippen molar-refractivity contribution in [1.29, 1.82) is 0 Å². The second-order valence-electron chi connectivity index (χ2n) is 5.45. The molecule has 6 heteroatoms. The maximum Gasteiger partial charge on any atom is 0.418 e. The number of rotatable bonds is 2. The molecular weight excluding hydrogens is 267 g/mol. The largest absolute Gasteiger partial charge is 0.418 e. The Kier molecular flexibility index (Phi) is 4.13. The van der Waals surface area contributed by atoms with Gasteiger partial charge in [0, 0.05) is 30.5 Å². The van der Waals surface area contributed by atoms with Crippen LogP contribution >= 0.6 is 0 Å². The Balaban J connectivity index is 2.15. The van der Waals surface area contributed by atoms with Crippen LogP contribution < -0.4 is 10.6 Å². The number of nitrogen functional groups attached to an aromatic ring is 1. The molecule has 1 aromatic rings. The minimum Gasteiger partial charge on any atom is -0.398 e. The van der Waals surface area contributed by atoms with E-state index in [0.717, 1.165) is 32.0 Å². The minimum absolute atomic E-state index is 0.218. The number of halogens is 3. The third kappa shape index (κ3) is 3.17. The maximum absolute atomic E-state index is 12.9. The van der Waals surface area contributed by atoms with Gasteiger partial charge in [-0.25, -0.2) is 0 Å². The second kappa shape index (κ2) is 5.52. The average molecular weight is 287 g/mol. The first-order valence-electron chi connectivity index (χ1n) is 6.67. The number of hydrogen-bond donors (Lipinski definition) is 1. The summed E-state index contributed by atoms with van der Waals surface area (Å²) in [7, 11) is 4.07. The predicted molar refractivity (Wildman–Crippen MR) is 74.8 cm³/mol. The van der Waals surface area contributed by atoms with Crippen LogP contribution in [0.2, 0.25) is 0 Å². The minimum atomic E-state index is -4.40. The van der Waals surface area contributed by atoms with Crippen molar-refractivity contribution in [1.82, 2.24) is 4.90 Å². The normalized spacial score (nSPS) is 17.8. The molecule has 3 nitrogen and oxygen atoms in total. The quantitative estimate of drug-likeness (QED) is 0.849. The summed E-state index contributed by atoms with van der Waals surface area (Å²) in [5.41, 5.74) is 5.06. The molecule has 1 aromatic carbocycles. The van der Waals surface area contributed by atoms with Crippen molar-refractivity contribution in [3.63, 3.8) is 0 Å². The van der Waals surface area contributed by atoms with Crippen LogP contribution in [0.4, 0.5) is 24.5 Å². The molecule has 1 heterocycles. The molecule has 1 saturated heterocycles. The first-order valence-corrected chi connectivity index (χ1v) is 6.67. The summed E-state index contributed by atoms with van der Waals surface area (Å²) in [6, 6.07) is 4.67. The van der Waals surface area contributed by atoms with Gasteiger partial charge in [-0.3, -0.25) is 0 Å². The van der Waals surface area contributed by atoms with E-state index in [0.29, 0.717) is 11.7 Å². The van der Waals surface area contributed by atoms with E-state index in [1.807, 2.05) is 19.0 Å². The van der Waals surface area contributed by atoms with E-state index in [1.54, 1.807) is 6.07 Å². The third-order valence-electron chi connectivity index (χ3n) is 3.90. The lowest BCUT2D eigenvalue weighted by molar-refractivity contribution is -0.136. The molecule has 112 valence electrons. The predicted octanol–water partition coefficient (Wildman–Crippen LogP) is 2.82. The van der Waals surface area contributed by atoms with Gasteiger partial charge in [0.15, 0.2) is 0 Å². The van der Waals surface area contributed by atoms with E-state index < -0.39 is 11.7 Å². The Hall–Kier alpha value is -1.43. The molecule has 2 N–H and O–H groups in total. The summed E-state index contributed by atoms with van der Waals surface area (Å²) in [6.45, 7) is 1.54. The molecule has 0 saturated carbocycles. The molecule has 1 fully saturated rings. The van der Waals surface area contributed by atoms with E-state index in [9.17, 15) is 13.2 Å². The summed E-state index contributed by atoms with van der Waals surface area (Å²) >= 11 is 0. The van der Waals surface area contributed by atoms with Gasteiger partial charge in [0.2, 0.25) is 0 Å². The van der Waals surface area contributed by atoms with Crippen molar-refractivity contribution in [3.8, 4) is 0 Å². The lowest BCUT2D eigenvalue weighted by atomic mass is 10.0. The summed E-state index contributed by atoms with van der Waals surface area (Å²) in [6.07, 6.45) is -2.49. The molecule has 1 aliphatic rings. The Morgan fingerprint density at radius 3 is 2.30 bits per heavy atom. The monoisotopic (exact) mass is 287 g/mol. The third-order valence-corrected chi connectivity index (χ3v) is 3.90. The van der Waals surface area contributed by atoms with Crippen molar-refractivity contribution in [2.24, 2.45) is 0 Å². The van der Waals surface area contributed by atoms with Crippen molar-refractivity contribution in [2.45, 2.75) is 25.1 Å². The van der Waals surface area contributed by atoms with Gasteiger partial charge in [-0.1, -0.05) is 0 Å². The molecule has 0 unspecified atom stereocenters. The van der Waals surface area contributed by atoms with Crippen LogP contribution in [0.1, 0.15) is 18.4 Å². The highest BCUT2D eigenvalue weighted by molar-refractivity contribution is 5.59. The maximum atomic E-state index is 12.9. The number of alkyl halides is 3. The Morgan fingerprint density at radius 1 is 1.20 bits per heavy atom. The Labute approximate surface area is 117 Å². The lowest BCUT2D eigenvalue weighted by Gasteiger charge is -2.36. The van der Waals surface area contributed by atoms with E-state index in [2.05, 4.69) is 4.90 Å². The Bertz CT molecular complexity index is 463. The highest BCUT2D eigenvalue weighted by Crippen LogP contribution is 2.36. The molecule has 0 atom stereocenters. The fraction of sp³-hybridized carbons (Fsp3) is 0.571. The van der Waals surface area contributed by atoms with E-state index in [1.165, 1.54) is 6.07 Å². The van der Waals surface area contributed by atoms with E-state index in [-0.39, 0.29) is 5.69 Å². The second-order valence-corrected chi connectivity index (χ2v) is 5.45. The molecule has 0 amide bonds. The lowest BCUT2D eigenvalue weighted by Crippen LogP contribution is -2.42. The molecule has 2 rings (SSSR count). The smallest absolute Gasteiger partial charge is 0.398 e. The topological polar surface area (TPSA) is 32.5 Å². The van der Waals surface area contributed by atoms with Crippen LogP contribution in [-0.4, -0.2) is 38.1 Å². The number of hydrogen-bond acceptors (Lipinski definition) is 3. The molecule has 0 aliphatic carbocycles. The van der Waals surface area contributed by atoms with E-state index in [4.69, 9.17) is 5.73 Å². The van der Waals surface area contributed by atoms with E-state index >= 15 is 0 Å². The molecule has 1 aliphatic heterocycles. The zero-order chi connectivity index (χ0) is 14.9. The van der Waals surface area contributed by atoms with Crippen molar-refractivity contribution in [2.75, 3.05) is 37.8 Å². The summed E-state index contributed by atoms with van der Waals surface area (Å²) in [4.78, 5) is 4.16. The van der Waals surface area contributed by atoms with Crippen LogP contribution in [0, 0.1) is 0 Å². The molecular formula is C14H20F3N3. The highest BCUT2D eigenvalue weighted by atomic mass is 19.4. The van der Waals surface area contributed by atoms with Gasteiger partial charge in [0.25, 0.3) is 0 Å². The number of benzene rings is 1. The van der Waals surface area contributed by atoms with Gasteiger partial charge in [-0.15, -0.1) is 0 Å². The van der Waals surface area contributed by atoms with Crippen molar-refractivity contribution in [3.05, 3.63) is 23.8 Å². The summed E-state index contributed by atoms with van der Waals surface area (Å²) in [5, 5.41) is 0. The number of nitrogens with zero attached hydrogens (tertiary/aromatic N) is 2. The van der Waals surface area contributed by atoms with Crippen molar-refractivity contribution < 1.29 is 13.2 Å². The van der Waals surface area contributed by atoms with Crippen LogP contribution in [0.5, 0.6) is 0 Å². The molecule has 20 heavy (non-hydrogen) atoms. The summed E-state index contributed by atoms with van der Waals surface area (Å²) < 4.78 is 38.6. The average Bonchev–Trinajstić information content (AvgIpc) is 2.38. The van der Waals surface area contributed by atoms with Gasteiger partial charge in [-0.05, 0) is 45.1 Å². The number of nitrogens with two attached hydrogens (primary N) is 1. The molecule has 0 aromatic heterocycles. The fourth-order valence-corrected chi connectivity index (χ4v) is 2.63. The van der Waals surface area contributed by atoms with Gasteiger partial charge in [0.05, 0.1) is 5.56 Å². The highest BCUT2D eigenvalue weighted by Gasteiger charge is 2.33. The van der Waals surface area contributed by atoms with Crippen molar-refractivity contribution >= 4 is 11.4 Å². The molecule has 0 radical (unpaired) electrons. The zero-order valence-electron chi connectivity index (χ0n) is 11.7. The number of anilines is 2. The SMILES string of the molecule is CN(C)C1CCN(c2ccc(N)c(C(F)(F)F)c2)CC1. The van der Waals surface area contributed by atoms with Crippen LogP contribution in [0.15, 0.2) is 18.2 Å². The van der Waals surface area contributed by atoms with Gasteiger partial charge in [-0.2, -0.15) is 13.2 Å². The standard InChI is InChI=1S/C14H20F3N3/c1-19(2)10-5-7-20(8-6-10)11-3-4-13(18)12(9-11)14(15,16)17/h3-4,9-10H,5-8,18H2,1-2H3. The zero-order valence-corrected chi connectivity index (χ0v) is 11.7. The van der Waals surface area contributed by atoms with Crippen LogP contribution in [-0.2, 0) is 6.18 Å². The fourth-order valence-electron chi connectivity index (χ4n) is 2.63. The van der Waals surface area contributed by atoms with Gasteiger partial charge >= 0.3 is 6.18 Å². The van der Waals surface area contributed by atoms with Crippen LogP contribution in [0.3, 0.4) is 0 Å². The molecule has 0 spiro atoms. The van der Waals surface area contributed by atoms with Gasteiger partial charge < -0.3 is 15.5 Å². The Morgan fingerprint density at radius 2 is 1.80 bits per heavy atom. The first-order chi connectivity index (χ1) is 9.29.